The van der Waals surface area contributed by atoms with Crippen LogP contribution in [0.2, 0.25) is 0 Å². The standard InChI is InChI=1S/C38H42O9/c1-4-36(40)45-21-8-6-5-7-19-43-29-12-14-30(15-13-29)47-38(42)28-11-17-32-33-18-16-31(24-35(33)27(3)34(32)23-28)44-20-9-10-22-46-37(41)26(2)25-39/h4,11-18,23-24,27,39H,1-2,5-10,19-22,25H2,3H3. The number of carbonyl (C=O) groups is 3. The molecule has 3 aromatic rings. The van der Waals surface area contributed by atoms with Gasteiger partial charge in [0, 0.05) is 12.0 Å². The van der Waals surface area contributed by atoms with Crippen molar-refractivity contribution >= 4 is 17.9 Å². The van der Waals surface area contributed by atoms with E-state index in [2.05, 4.69) is 20.1 Å². The SMILES string of the molecule is C=CC(=O)OCCCCCCOc1ccc(OC(=O)c2ccc3c(c2)C(C)c2cc(OCCCCOC(=O)C(=C)CO)ccc2-3)cc1. The Morgan fingerprint density at radius 1 is 0.723 bits per heavy atom. The molecule has 0 saturated carbocycles. The van der Waals surface area contributed by atoms with Crippen molar-refractivity contribution in [2.24, 2.45) is 0 Å². The topological polar surface area (TPSA) is 118 Å². The van der Waals surface area contributed by atoms with Crippen LogP contribution in [0.5, 0.6) is 17.2 Å². The molecule has 248 valence electrons. The fourth-order valence-corrected chi connectivity index (χ4v) is 5.17. The number of ether oxygens (including phenoxy) is 5. The Hall–Kier alpha value is -4.89. The molecule has 0 spiro atoms. The first kappa shape index (κ1) is 35.0. The van der Waals surface area contributed by atoms with Gasteiger partial charge in [-0.15, -0.1) is 0 Å². The molecule has 0 radical (unpaired) electrons. The van der Waals surface area contributed by atoms with Crippen LogP contribution in [0.3, 0.4) is 0 Å². The smallest absolute Gasteiger partial charge is 0.343 e. The van der Waals surface area contributed by atoms with Crippen molar-refractivity contribution < 1.29 is 43.2 Å². The van der Waals surface area contributed by atoms with E-state index in [9.17, 15) is 14.4 Å². The maximum Gasteiger partial charge on any atom is 0.343 e. The first-order valence-electron chi connectivity index (χ1n) is 15.9. The summed E-state index contributed by atoms with van der Waals surface area (Å²) in [6, 6.07) is 18.7. The Morgan fingerprint density at radius 2 is 1.28 bits per heavy atom. The number of hydrogen-bond donors (Lipinski definition) is 1. The van der Waals surface area contributed by atoms with E-state index in [4.69, 9.17) is 28.8 Å². The van der Waals surface area contributed by atoms with Crippen molar-refractivity contribution in [3.05, 3.63) is 102 Å². The van der Waals surface area contributed by atoms with Gasteiger partial charge in [0.25, 0.3) is 0 Å². The molecule has 47 heavy (non-hydrogen) atoms. The average Bonchev–Trinajstić information content (AvgIpc) is 3.37. The van der Waals surface area contributed by atoms with E-state index in [0.717, 1.165) is 59.8 Å². The van der Waals surface area contributed by atoms with Crippen LogP contribution < -0.4 is 14.2 Å². The number of aliphatic hydroxyl groups is 1. The average molecular weight is 643 g/mol. The van der Waals surface area contributed by atoms with Gasteiger partial charge in [-0.05, 0) is 109 Å². The molecule has 1 N–H and O–H groups in total. The van der Waals surface area contributed by atoms with Crippen molar-refractivity contribution in [1.82, 2.24) is 0 Å². The largest absolute Gasteiger partial charge is 0.494 e. The van der Waals surface area contributed by atoms with Crippen LogP contribution >= 0.6 is 0 Å². The zero-order valence-electron chi connectivity index (χ0n) is 26.8. The summed E-state index contributed by atoms with van der Waals surface area (Å²) in [5.74, 6) is 0.547. The molecule has 0 saturated heterocycles. The van der Waals surface area contributed by atoms with Gasteiger partial charge in [0.15, 0.2) is 0 Å². The molecule has 1 unspecified atom stereocenters. The van der Waals surface area contributed by atoms with Gasteiger partial charge in [-0.2, -0.15) is 0 Å². The van der Waals surface area contributed by atoms with Gasteiger partial charge in [-0.1, -0.05) is 32.2 Å². The summed E-state index contributed by atoms with van der Waals surface area (Å²) in [6.07, 6.45) is 6.09. The number of fused-ring (bicyclic) bond motifs is 3. The number of rotatable bonds is 19. The minimum atomic E-state index is -0.584. The highest BCUT2D eigenvalue weighted by Crippen LogP contribution is 2.46. The van der Waals surface area contributed by atoms with Gasteiger partial charge in [0.05, 0.1) is 44.2 Å². The van der Waals surface area contributed by atoms with Crippen LogP contribution in [0.15, 0.2) is 85.5 Å². The molecule has 0 heterocycles. The Morgan fingerprint density at radius 3 is 1.98 bits per heavy atom. The van der Waals surface area contributed by atoms with Gasteiger partial charge in [0.1, 0.15) is 17.2 Å². The van der Waals surface area contributed by atoms with E-state index >= 15 is 0 Å². The van der Waals surface area contributed by atoms with Crippen molar-refractivity contribution in [3.63, 3.8) is 0 Å². The van der Waals surface area contributed by atoms with E-state index in [-0.39, 0.29) is 18.1 Å². The highest BCUT2D eigenvalue weighted by molar-refractivity contribution is 5.93. The zero-order valence-corrected chi connectivity index (χ0v) is 26.8. The van der Waals surface area contributed by atoms with E-state index in [1.54, 1.807) is 30.3 Å². The Kier molecular flexibility index (Phi) is 13.2. The summed E-state index contributed by atoms with van der Waals surface area (Å²) in [5, 5.41) is 8.92. The summed E-state index contributed by atoms with van der Waals surface area (Å²) in [7, 11) is 0. The molecule has 0 bridgehead atoms. The van der Waals surface area contributed by atoms with Gasteiger partial charge in [-0.3, -0.25) is 0 Å². The third kappa shape index (κ3) is 10.0. The van der Waals surface area contributed by atoms with Gasteiger partial charge in [-0.25, -0.2) is 14.4 Å². The first-order chi connectivity index (χ1) is 22.8. The fourth-order valence-electron chi connectivity index (χ4n) is 5.17. The molecule has 3 aromatic carbocycles. The third-order valence-electron chi connectivity index (χ3n) is 7.81. The molecule has 0 aromatic heterocycles. The van der Waals surface area contributed by atoms with Gasteiger partial charge < -0.3 is 28.8 Å². The fraction of sp³-hybridized carbons (Fsp3) is 0.342. The van der Waals surface area contributed by atoms with Crippen molar-refractivity contribution in [2.75, 3.05) is 33.0 Å². The second-order valence-electron chi connectivity index (χ2n) is 11.2. The highest BCUT2D eigenvalue weighted by Gasteiger charge is 2.27. The Balaban J connectivity index is 1.21. The predicted octanol–water partition coefficient (Wildman–Crippen LogP) is 6.96. The highest BCUT2D eigenvalue weighted by atomic mass is 16.5. The summed E-state index contributed by atoms with van der Waals surface area (Å²) < 4.78 is 27.4. The van der Waals surface area contributed by atoms with Gasteiger partial charge >= 0.3 is 17.9 Å². The summed E-state index contributed by atoms with van der Waals surface area (Å²) >= 11 is 0. The lowest BCUT2D eigenvalue weighted by Gasteiger charge is -2.11. The Bertz CT molecular complexity index is 1560. The Labute approximate surface area is 275 Å². The normalized spacial score (nSPS) is 12.8. The molecule has 4 rings (SSSR count). The minimum Gasteiger partial charge on any atom is -0.494 e. The molecule has 9 heteroatoms. The number of esters is 3. The number of aliphatic hydroxyl groups excluding tert-OH is 1. The summed E-state index contributed by atoms with van der Waals surface area (Å²) in [5.41, 5.74) is 4.89. The van der Waals surface area contributed by atoms with E-state index < -0.39 is 24.5 Å². The molecule has 0 aliphatic heterocycles. The molecule has 0 amide bonds. The second-order valence-corrected chi connectivity index (χ2v) is 11.2. The lowest BCUT2D eigenvalue weighted by atomic mass is 9.98. The van der Waals surface area contributed by atoms with Crippen LogP contribution in [0.4, 0.5) is 0 Å². The van der Waals surface area contributed by atoms with Crippen molar-refractivity contribution in [1.29, 1.82) is 0 Å². The van der Waals surface area contributed by atoms with E-state index in [0.29, 0.717) is 49.7 Å². The molecular weight excluding hydrogens is 600 g/mol. The second kappa shape index (κ2) is 17.7. The quantitative estimate of drug-likeness (QED) is 0.0641. The first-order valence-corrected chi connectivity index (χ1v) is 15.9. The van der Waals surface area contributed by atoms with Crippen LogP contribution in [-0.4, -0.2) is 56.0 Å². The number of unbranched alkanes of at least 4 members (excludes halogenated alkanes) is 4. The molecule has 1 aliphatic rings. The summed E-state index contributed by atoms with van der Waals surface area (Å²) in [6.45, 7) is 10.2. The van der Waals surface area contributed by atoms with Crippen LogP contribution in [0.1, 0.15) is 72.9 Å². The van der Waals surface area contributed by atoms with Gasteiger partial charge in [0.2, 0.25) is 0 Å². The van der Waals surface area contributed by atoms with Crippen LogP contribution in [-0.2, 0) is 19.1 Å². The monoisotopic (exact) mass is 642 g/mol. The number of carbonyl (C=O) groups excluding carboxylic acids is 3. The summed E-state index contributed by atoms with van der Waals surface area (Å²) in [4.78, 5) is 35.6. The zero-order chi connectivity index (χ0) is 33.6. The molecule has 0 fully saturated rings. The molecule has 1 aliphatic carbocycles. The van der Waals surface area contributed by atoms with Crippen molar-refractivity contribution in [2.45, 2.75) is 51.4 Å². The van der Waals surface area contributed by atoms with E-state index in [1.807, 2.05) is 30.3 Å². The third-order valence-corrected chi connectivity index (χ3v) is 7.81. The maximum atomic E-state index is 13.0. The lowest BCUT2D eigenvalue weighted by molar-refractivity contribution is -0.140. The van der Waals surface area contributed by atoms with Crippen LogP contribution in [0, 0.1) is 0 Å². The molecule has 1 atom stereocenters. The number of hydrogen-bond acceptors (Lipinski definition) is 9. The molecular formula is C38H42O9. The van der Waals surface area contributed by atoms with Crippen LogP contribution in [0.25, 0.3) is 11.1 Å². The lowest BCUT2D eigenvalue weighted by Crippen LogP contribution is -2.11. The van der Waals surface area contributed by atoms with E-state index in [1.165, 1.54) is 0 Å². The minimum absolute atomic E-state index is 0.0398. The maximum absolute atomic E-state index is 13.0. The predicted molar refractivity (Wildman–Crippen MR) is 178 cm³/mol. The van der Waals surface area contributed by atoms with Crippen molar-refractivity contribution in [3.8, 4) is 28.4 Å². The molecule has 9 nitrogen and oxygen atoms in total. The number of benzene rings is 3.